The van der Waals surface area contributed by atoms with E-state index in [4.69, 9.17) is 27.9 Å². The first kappa shape index (κ1) is 36.0. The summed E-state index contributed by atoms with van der Waals surface area (Å²) >= 11 is 12.6. The number of aromatic hydroxyl groups is 1. The first-order valence-electron chi connectivity index (χ1n) is 15.4. The lowest BCUT2D eigenvalue weighted by Crippen LogP contribution is -2.33. The van der Waals surface area contributed by atoms with Gasteiger partial charge in [0.05, 0.1) is 16.5 Å². The molecule has 0 saturated heterocycles. The summed E-state index contributed by atoms with van der Waals surface area (Å²) in [7, 11) is -3.43. The first-order valence-corrected chi connectivity index (χ1v) is 17.8. The normalized spacial score (nSPS) is 12.2. The van der Waals surface area contributed by atoms with Gasteiger partial charge in [-0.15, -0.1) is 0 Å². The molecule has 236 valence electrons. The van der Waals surface area contributed by atoms with Crippen LogP contribution in [0.4, 0.5) is 11.4 Å². The van der Waals surface area contributed by atoms with E-state index in [0.717, 1.165) is 25.7 Å². The SMILES string of the molecule is CCCCCCCCCCCCC(Oc1ccc(NS(=O)(=O)CCCC)cc1)C(=O)Nc1cc(Cl)c(CC)c(Cl)c1O. The Bertz CT molecular complexity index is 1210. The monoisotopic (exact) mass is 642 g/mol. The number of rotatable bonds is 21. The number of halogens is 2. The number of nitrogens with one attached hydrogen (secondary N) is 2. The average molecular weight is 644 g/mol. The second-order valence-electron chi connectivity index (χ2n) is 10.8. The van der Waals surface area contributed by atoms with Gasteiger partial charge in [-0.25, -0.2) is 8.42 Å². The Balaban J connectivity index is 2.05. The van der Waals surface area contributed by atoms with Gasteiger partial charge in [0.25, 0.3) is 5.91 Å². The molecule has 10 heteroatoms. The fourth-order valence-corrected chi connectivity index (χ4v) is 6.66. The van der Waals surface area contributed by atoms with Crippen molar-refractivity contribution in [1.82, 2.24) is 0 Å². The summed E-state index contributed by atoms with van der Waals surface area (Å²) < 4.78 is 33.1. The number of anilines is 2. The zero-order valence-electron chi connectivity index (χ0n) is 25.3. The summed E-state index contributed by atoms with van der Waals surface area (Å²) in [5, 5.41) is 13.8. The summed E-state index contributed by atoms with van der Waals surface area (Å²) in [6.45, 7) is 6.04. The molecule has 0 spiro atoms. The maximum Gasteiger partial charge on any atom is 0.265 e. The number of phenols is 1. The minimum absolute atomic E-state index is 0.0585. The highest BCUT2D eigenvalue weighted by atomic mass is 35.5. The number of amides is 1. The third-order valence-corrected chi connectivity index (χ3v) is 9.30. The van der Waals surface area contributed by atoms with Crippen molar-refractivity contribution in [2.24, 2.45) is 0 Å². The highest BCUT2D eigenvalue weighted by molar-refractivity contribution is 7.92. The Morgan fingerprint density at radius 1 is 0.881 bits per heavy atom. The molecule has 0 aromatic heterocycles. The van der Waals surface area contributed by atoms with Crippen LogP contribution in [-0.4, -0.2) is 31.3 Å². The Kier molecular flexibility index (Phi) is 16.5. The third-order valence-electron chi connectivity index (χ3n) is 7.18. The lowest BCUT2D eigenvalue weighted by molar-refractivity contribution is -0.123. The van der Waals surface area contributed by atoms with E-state index in [0.29, 0.717) is 41.3 Å². The van der Waals surface area contributed by atoms with E-state index >= 15 is 0 Å². The van der Waals surface area contributed by atoms with Crippen LogP contribution in [-0.2, 0) is 21.2 Å². The molecule has 1 amide bonds. The van der Waals surface area contributed by atoms with Gasteiger partial charge in [-0.2, -0.15) is 0 Å². The highest BCUT2D eigenvalue weighted by Crippen LogP contribution is 2.39. The second kappa shape index (κ2) is 19.2. The van der Waals surface area contributed by atoms with Gasteiger partial charge in [-0.1, -0.05) is 108 Å². The second-order valence-corrected chi connectivity index (χ2v) is 13.4. The van der Waals surface area contributed by atoms with Gasteiger partial charge in [0.15, 0.2) is 11.9 Å². The number of carbonyl (C=O) groups excluding carboxylic acids is 1. The lowest BCUT2D eigenvalue weighted by atomic mass is 10.0. The molecule has 42 heavy (non-hydrogen) atoms. The van der Waals surface area contributed by atoms with Crippen molar-refractivity contribution < 1.29 is 23.1 Å². The van der Waals surface area contributed by atoms with Crippen LogP contribution in [0.15, 0.2) is 30.3 Å². The predicted octanol–water partition coefficient (Wildman–Crippen LogP) is 9.50. The van der Waals surface area contributed by atoms with Crippen molar-refractivity contribution in [1.29, 1.82) is 0 Å². The molecular formula is C32H48Cl2N2O5S. The minimum atomic E-state index is -3.43. The lowest BCUT2D eigenvalue weighted by Gasteiger charge is -2.20. The van der Waals surface area contributed by atoms with E-state index in [1.807, 2.05) is 13.8 Å². The summed E-state index contributed by atoms with van der Waals surface area (Å²) in [5.74, 6) is -0.172. The molecule has 3 N–H and O–H groups in total. The van der Waals surface area contributed by atoms with Crippen LogP contribution in [0.5, 0.6) is 11.5 Å². The van der Waals surface area contributed by atoms with Crippen LogP contribution >= 0.6 is 23.2 Å². The van der Waals surface area contributed by atoms with E-state index < -0.39 is 22.0 Å². The van der Waals surface area contributed by atoms with Gasteiger partial charge in [0, 0.05) is 10.7 Å². The average Bonchev–Trinajstić information content (AvgIpc) is 2.96. The van der Waals surface area contributed by atoms with Crippen molar-refractivity contribution in [3.8, 4) is 11.5 Å². The number of sulfonamides is 1. The molecule has 0 heterocycles. The van der Waals surface area contributed by atoms with Crippen molar-refractivity contribution in [2.45, 2.75) is 117 Å². The number of hydrogen-bond donors (Lipinski definition) is 3. The van der Waals surface area contributed by atoms with E-state index in [2.05, 4.69) is 17.0 Å². The van der Waals surface area contributed by atoms with Gasteiger partial charge in [-0.3, -0.25) is 9.52 Å². The molecule has 1 unspecified atom stereocenters. The molecular weight excluding hydrogens is 595 g/mol. The molecule has 0 aliphatic carbocycles. The third kappa shape index (κ3) is 12.6. The predicted molar refractivity (Wildman–Crippen MR) is 176 cm³/mol. The molecule has 7 nitrogen and oxygen atoms in total. The zero-order valence-corrected chi connectivity index (χ0v) is 27.6. The molecule has 0 bridgehead atoms. The molecule has 0 saturated carbocycles. The molecule has 0 radical (unpaired) electrons. The Labute approximate surface area is 262 Å². The number of ether oxygens (including phenoxy) is 1. The van der Waals surface area contributed by atoms with Crippen molar-refractivity contribution >= 4 is 50.5 Å². The van der Waals surface area contributed by atoms with Crippen molar-refractivity contribution in [3.63, 3.8) is 0 Å². The van der Waals surface area contributed by atoms with Crippen LogP contribution in [0.3, 0.4) is 0 Å². The van der Waals surface area contributed by atoms with Crippen molar-refractivity contribution in [2.75, 3.05) is 15.8 Å². The summed E-state index contributed by atoms with van der Waals surface area (Å²) in [6.07, 6.45) is 13.3. The van der Waals surface area contributed by atoms with Crippen LogP contribution in [0.1, 0.15) is 110 Å². The van der Waals surface area contributed by atoms with Gasteiger partial charge in [0.1, 0.15) is 5.75 Å². The Hall–Kier alpha value is -2.16. The van der Waals surface area contributed by atoms with Crippen LogP contribution in [0.2, 0.25) is 10.0 Å². The van der Waals surface area contributed by atoms with Gasteiger partial charge < -0.3 is 15.2 Å². The van der Waals surface area contributed by atoms with E-state index in [-0.39, 0.29) is 22.2 Å². The van der Waals surface area contributed by atoms with E-state index in [9.17, 15) is 18.3 Å². The maximum atomic E-state index is 13.4. The number of hydrogen-bond acceptors (Lipinski definition) is 5. The molecule has 0 aliphatic heterocycles. The largest absolute Gasteiger partial charge is 0.504 e. The van der Waals surface area contributed by atoms with Gasteiger partial charge in [0.2, 0.25) is 10.0 Å². The standard InChI is InChI=1S/C32H48Cl2N2O5S/c1-4-7-9-10-11-12-13-14-15-16-17-29(32(38)35-28-23-27(33)26(6-3)30(34)31(28)37)41-25-20-18-24(19-21-25)36-42(39,40)22-8-5-2/h18-21,23,29,36-37H,4-17,22H2,1-3H3,(H,35,38). The maximum absolute atomic E-state index is 13.4. The van der Waals surface area contributed by atoms with Gasteiger partial charge >= 0.3 is 0 Å². The van der Waals surface area contributed by atoms with E-state index in [1.54, 1.807) is 24.3 Å². The summed E-state index contributed by atoms with van der Waals surface area (Å²) in [6, 6.07) is 8.00. The number of benzene rings is 2. The van der Waals surface area contributed by atoms with Crippen molar-refractivity contribution in [3.05, 3.63) is 45.9 Å². The Morgan fingerprint density at radius 3 is 2.02 bits per heavy atom. The highest BCUT2D eigenvalue weighted by Gasteiger charge is 2.23. The topological polar surface area (TPSA) is 105 Å². The summed E-state index contributed by atoms with van der Waals surface area (Å²) in [5.41, 5.74) is 1.16. The molecule has 1 atom stereocenters. The quantitative estimate of drug-likeness (QED) is 0.0929. The molecule has 2 aromatic rings. The Morgan fingerprint density at radius 2 is 1.45 bits per heavy atom. The first-order chi connectivity index (χ1) is 20.1. The molecule has 2 rings (SSSR count). The van der Waals surface area contributed by atoms with Crippen LogP contribution in [0.25, 0.3) is 0 Å². The van der Waals surface area contributed by atoms with Crippen LogP contribution in [0, 0.1) is 0 Å². The number of carbonyl (C=O) groups is 1. The van der Waals surface area contributed by atoms with E-state index in [1.165, 1.54) is 51.0 Å². The minimum Gasteiger partial charge on any atom is -0.504 e. The summed E-state index contributed by atoms with van der Waals surface area (Å²) in [4.78, 5) is 13.4. The number of unbranched alkanes of at least 4 members (excludes halogenated alkanes) is 10. The van der Waals surface area contributed by atoms with Gasteiger partial charge in [-0.05, 0) is 61.6 Å². The van der Waals surface area contributed by atoms with Crippen LogP contribution < -0.4 is 14.8 Å². The fraction of sp³-hybridized carbons (Fsp3) is 0.594. The number of phenolic OH excluding ortho intramolecular Hbond substituents is 1. The zero-order chi connectivity index (χ0) is 31.0. The fourth-order valence-electron chi connectivity index (χ4n) is 4.67. The molecule has 0 aliphatic rings. The molecule has 0 fully saturated rings. The molecule has 2 aromatic carbocycles. The smallest absolute Gasteiger partial charge is 0.265 e.